The van der Waals surface area contributed by atoms with Crippen LogP contribution in [0.2, 0.25) is 0 Å². The van der Waals surface area contributed by atoms with E-state index in [9.17, 15) is 9.18 Å². The smallest absolute Gasteiger partial charge is 0.165 e. The number of benzene rings is 1. The Morgan fingerprint density at radius 3 is 2.80 bits per heavy atom. The Hall–Kier alpha value is -1.22. The first kappa shape index (κ1) is 11.9. The molecule has 1 aromatic rings. The van der Waals surface area contributed by atoms with Gasteiger partial charge in [-0.25, -0.2) is 4.39 Å². The molecule has 0 aliphatic carbocycles. The van der Waals surface area contributed by atoms with Gasteiger partial charge in [-0.2, -0.15) is 0 Å². The second kappa shape index (κ2) is 5.03. The maximum absolute atomic E-state index is 13.3. The summed E-state index contributed by atoms with van der Waals surface area (Å²) in [4.78, 5) is 11.6. The van der Waals surface area contributed by atoms with E-state index in [0.717, 1.165) is 5.56 Å². The molecular formula is C12H16FNO. The summed E-state index contributed by atoms with van der Waals surface area (Å²) in [5.41, 5.74) is 6.61. The van der Waals surface area contributed by atoms with Crippen molar-refractivity contribution >= 4 is 5.78 Å². The summed E-state index contributed by atoms with van der Waals surface area (Å²) in [6.07, 6.45) is 0.893. The maximum Gasteiger partial charge on any atom is 0.165 e. The highest BCUT2D eigenvalue weighted by Crippen LogP contribution is 2.13. The van der Waals surface area contributed by atoms with Gasteiger partial charge in [0.05, 0.1) is 5.56 Å². The molecule has 0 saturated heterocycles. The molecule has 0 bridgehead atoms. The van der Waals surface area contributed by atoms with E-state index in [2.05, 4.69) is 0 Å². The SMILES string of the molecule is Cc1ccc(F)c(C(=O)CCC(C)N)c1. The van der Waals surface area contributed by atoms with Gasteiger partial charge in [-0.05, 0) is 32.4 Å². The molecule has 0 heterocycles. The minimum atomic E-state index is -0.449. The number of hydrogen-bond donors (Lipinski definition) is 1. The zero-order valence-corrected chi connectivity index (χ0v) is 9.09. The van der Waals surface area contributed by atoms with Crippen molar-refractivity contribution in [2.24, 2.45) is 5.73 Å². The first-order chi connectivity index (χ1) is 7.00. The Balaban J connectivity index is 2.77. The highest BCUT2D eigenvalue weighted by Gasteiger charge is 2.12. The van der Waals surface area contributed by atoms with Crippen molar-refractivity contribution in [1.82, 2.24) is 0 Å². The Labute approximate surface area is 89.3 Å². The standard InChI is InChI=1S/C12H16FNO/c1-8-3-5-11(13)10(7-8)12(15)6-4-9(2)14/h3,5,7,9H,4,6,14H2,1-2H3. The van der Waals surface area contributed by atoms with Crippen LogP contribution in [0.4, 0.5) is 4.39 Å². The summed E-state index contributed by atoms with van der Waals surface area (Å²) in [5, 5.41) is 0. The first-order valence-corrected chi connectivity index (χ1v) is 5.05. The molecule has 1 aromatic carbocycles. The summed E-state index contributed by atoms with van der Waals surface area (Å²) < 4.78 is 13.3. The molecule has 1 unspecified atom stereocenters. The van der Waals surface area contributed by atoms with Crippen molar-refractivity contribution in [3.05, 3.63) is 35.1 Å². The highest BCUT2D eigenvalue weighted by molar-refractivity contribution is 5.96. The van der Waals surface area contributed by atoms with Crippen molar-refractivity contribution in [2.75, 3.05) is 0 Å². The van der Waals surface area contributed by atoms with Crippen LogP contribution in [0, 0.1) is 12.7 Å². The fourth-order valence-electron chi connectivity index (χ4n) is 1.35. The maximum atomic E-state index is 13.3. The number of carbonyl (C=O) groups is 1. The number of carbonyl (C=O) groups excluding carboxylic acids is 1. The number of ketones is 1. The van der Waals surface area contributed by atoms with E-state index in [4.69, 9.17) is 5.73 Å². The van der Waals surface area contributed by atoms with Gasteiger partial charge in [-0.3, -0.25) is 4.79 Å². The van der Waals surface area contributed by atoms with E-state index in [1.807, 2.05) is 13.8 Å². The van der Waals surface area contributed by atoms with Crippen LogP contribution in [0.25, 0.3) is 0 Å². The summed E-state index contributed by atoms with van der Waals surface area (Å²) in [6, 6.07) is 4.53. The Bertz CT molecular complexity index is 361. The van der Waals surface area contributed by atoms with Crippen molar-refractivity contribution in [3.63, 3.8) is 0 Å². The average Bonchev–Trinajstić information content (AvgIpc) is 2.18. The van der Waals surface area contributed by atoms with E-state index in [-0.39, 0.29) is 17.4 Å². The summed E-state index contributed by atoms with van der Waals surface area (Å²) in [5.74, 6) is -0.622. The third-order valence-corrected chi connectivity index (χ3v) is 2.25. The molecule has 0 fully saturated rings. The van der Waals surface area contributed by atoms with Crippen molar-refractivity contribution in [1.29, 1.82) is 0 Å². The Morgan fingerprint density at radius 2 is 2.20 bits per heavy atom. The fourth-order valence-corrected chi connectivity index (χ4v) is 1.35. The minimum absolute atomic E-state index is 0.0261. The number of nitrogens with two attached hydrogens (primary N) is 1. The van der Waals surface area contributed by atoms with Gasteiger partial charge in [-0.1, -0.05) is 11.6 Å². The van der Waals surface area contributed by atoms with E-state index < -0.39 is 5.82 Å². The van der Waals surface area contributed by atoms with Gasteiger partial charge in [-0.15, -0.1) is 0 Å². The second-order valence-corrected chi connectivity index (χ2v) is 3.92. The molecule has 0 aliphatic rings. The first-order valence-electron chi connectivity index (χ1n) is 5.05. The number of aryl methyl sites for hydroxylation is 1. The Morgan fingerprint density at radius 1 is 1.53 bits per heavy atom. The van der Waals surface area contributed by atoms with E-state index >= 15 is 0 Å². The molecule has 0 saturated carbocycles. The highest BCUT2D eigenvalue weighted by atomic mass is 19.1. The third-order valence-electron chi connectivity index (χ3n) is 2.25. The summed E-state index contributed by atoms with van der Waals surface area (Å²) in [6.45, 7) is 3.67. The third kappa shape index (κ3) is 3.44. The molecule has 0 spiro atoms. The van der Waals surface area contributed by atoms with Crippen LogP contribution in [-0.2, 0) is 0 Å². The zero-order chi connectivity index (χ0) is 11.4. The van der Waals surface area contributed by atoms with Gasteiger partial charge in [0.2, 0.25) is 0 Å². The van der Waals surface area contributed by atoms with Crippen LogP contribution in [-0.4, -0.2) is 11.8 Å². The molecule has 15 heavy (non-hydrogen) atoms. The lowest BCUT2D eigenvalue weighted by atomic mass is 10.0. The molecule has 3 heteroatoms. The molecule has 1 atom stereocenters. The fraction of sp³-hybridized carbons (Fsp3) is 0.417. The lowest BCUT2D eigenvalue weighted by Crippen LogP contribution is -2.16. The van der Waals surface area contributed by atoms with Gasteiger partial charge < -0.3 is 5.73 Å². The van der Waals surface area contributed by atoms with Gasteiger partial charge in [0, 0.05) is 12.5 Å². The minimum Gasteiger partial charge on any atom is -0.328 e. The predicted octanol–water partition coefficient (Wildman–Crippen LogP) is 2.44. The molecule has 0 radical (unpaired) electrons. The van der Waals surface area contributed by atoms with Gasteiger partial charge in [0.1, 0.15) is 5.82 Å². The van der Waals surface area contributed by atoms with E-state index in [1.165, 1.54) is 6.07 Å². The van der Waals surface area contributed by atoms with Gasteiger partial charge in [0.15, 0.2) is 5.78 Å². The van der Waals surface area contributed by atoms with Crippen molar-refractivity contribution in [3.8, 4) is 0 Å². The molecule has 82 valence electrons. The normalized spacial score (nSPS) is 12.5. The number of Topliss-reactive ketones (excluding diaryl/α,β-unsaturated/α-hetero) is 1. The molecule has 1 rings (SSSR count). The predicted molar refractivity (Wildman–Crippen MR) is 58.4 cm³/mol. The topological polar surface area (TPSA) is 43.1 Å². The monoisotopic (exact) mass is 209 g/mol. The quantitative estimate of drug-likeness (QED) is 0.774. The molecule has 0 aliphatic heterocycles. The van der Waals surface area contributed by atoms with Crippen LogP contribution in [0.5, 0.6) is 0 Å². The molecule has 2 nitrogen and oxygen atoms in total. The Kier molecular flexibility index (Phi) is 3.97. The summed E-state index contributed by atoms with van der Waals surface area (Å²) in [7, 11) is 0. The van der Waals surface area contributed by atoms with E-state index in [0.29, 0.717) is 12.8 Å². The van der Waals surface area contributed by atoms with Crippen LogP contribution < -0.4 is 5.73 Å². The summed E-state index contributed by atoms with van der Waals surface area (Å²) >= 11 is 0. The number of hydrogen-bond acceptors (Lipinski definition) is 2. The second-order valence-electron chi connectivity index (χ2n) is 3.92. The lowest BCUT2D eigenvalue weighted by molar-refractivity contribution is 0.0974. The lowest BCUT2D eigenvalue weighted by Gasteiger charge is -2.05. The van der Waals surface area contributed by atoms with Crippen molar-refractivity contribution < 1.29 is 9.18 Å². The van der Waals surface area contributed by atoms with Crippen LogP contribution in [0.3, 0.4) is 0 Å². The van der Waals surface area contributed by atoms with Crippen LogP contribution >= 0.6 is 0 Å². The molecule has 2 N–H and O–H groups in total. The average molecular weight is 209 g/mol. The zero-order valence-electron chi connectivity index (χ0n) is 9.09. The van der Waals surface area contributed by atoms with Crippen LogP contribution in [0.15, 0.2) is 18.2 Å². The number of rotatable bonds is 4. The van der Waals surface area contributed by atoms with Gasteiger partial charge >= 0.3 is 0 Å². The van der Waals surface area contributed by atoms with Crippen LogP contribution in [0.1, 0.15) is 35.7 Å². The molecular weight excluding hydrogens is 193 g/mol. The van der Waals surface area contributed by atoms with E-state index in [1.54, 1.807) is 12.1 Å². The molecule has 0 amide bonds. The largest absolute Gasteiger partial charge is 0.328 e. The number of halogens is 1. The molecule has 0 aromatic heterocycles. The van der Waals surface area contributed by atoms with Gasteiger partial charge in [0.25, 0.3) is 0 Å². The van der Waals surface area contributed by atoms with Crippen molar-refractivity contribution in [2.45, 2.75) is 32.7 Å².